The van der Waals surface area contributed by atoms with Gasteiger partial charge >= 0.3 is 5.97 Å². The molecule has 0 fully saturated rings. The van der Waals surface area contributed by atoms with Crippen molar-refractivity contribution in [3.63, 3.8) is 0 Å². The maximum Gasteiger partial charge on any atom is 0.374 e. The van der Waals surface area contributed by atoms with Crippen LogP contribution in [-0.2, 0) is 4.74 Å². The lowest BCUT2D eigenvalue weighted by Crippen LogP contribution is -2.03. The van der Waals surface area contributed by atoms with Crippen LogP contribution in [0.3, 0.4) is 0 Å². The highest BCUT2D eigenvalue weighted by molar-refractivity contribution is 5.89. The lowest BCUT2D eigenvalue weighted by Gasteiger charge is -2.03. The van der Waals surface area contributed by atoms with Crippen LogP contribution in [0.25, 0.3) is 22.0 Å². The van der Waals surface area contributed by atoms with Crippen LogP contribution in [0.15, 0.2) is 42.6 Å². The summed E-state index contributed by atoms with van der Waals surface area (Å²) in [6, 6.07) is 12.5. The summed E-state index contributed by atoms with van der Waals surface area (Å²) in [6.45, 7) is 2.07. The van der Waals surface area contributed by atoms with Gasteiger partial charge in [-0.3, -0.25) is 0 Å². The Bertz CT molecular complexity index is 790. The van der Waals surface area contributed by atoms with E-state index in [9.17, 15) is 4.79 Å². The van der Waals surface area contributed by atoms with Crippen LogP contribution in [0.2, 0.25) is 0 Å². The molecule has 1 N–H and O–H groups in total. The fraction of sp³-hybridized carbons (Fsp3) is 0.125. The van der Waals surface area contributed by atoms with E-state index >= 15 is 0 Å². The number of esters is 1. The summed E-state index contributed by atoms with van der Waals surface area (Å²) in [5, 5.41) is 2.35. The number of nitrogens with zero attached hydrogens (tertiary/aromatic N) is 1. The van der Waals surface area contributed by atoms with Gasteiger partial charge in [-0.2, -0.15) is 0 Å². The number of hydrogen-bond donors (Lipinski definition) is 1. The van der Waals surface area contributed by atoms with Crippen LogP contribution in [0, 0.1) is 6.92 Å². The Morgan fingerprint density at radius 2 is 1.90 bits per heavy atom. The average molecular weight is 266 g/mol. The summed E-state index contributed by atoms with van der Waals surface area (Å²) in [6.07, 6.45) is 1.64. The lowest BCUT2D eigenvalue weighted by molar-refractivity contribution is 0.0588. The maximum absolute atomic E-state index is 11.4. The van der Waals surface area contributed by atoms with E-state index < -0.39 is 5.97 Å². The monoisotopic (exact) mass is 266 g/mol. The van der Waals surface area contributed by atoms with Crippen molar-refractivity contribution in [1.29, 1.82) is 0 Å². The Morgan fingerprint density at radius 1 is 1.15 bits per heavy atom. The topological polar surface area (TPSA) is 55.0 Å². The smallest absolute Gasteiger partial charge is 0.374 e. The van der Waals surface area contributed by atoms with Crippen molar-refractivity contribution in [3.8, 4) is 11.3 Å². The van der Waals surface area contributed by atoms with Crippen LogP contribution in [-0.4, -0.2) is 23.0 Å². The summed E-state index contributed by atoms with van der Waals surface area (Å²) in [5.74, 6) is -0.251. The summed E-state index contributed by atoms with van der Waals surface area (Å²) in [4.78, 5) is 18.4. The van der Waals surface area contributed by atoms with Crippen LogP contribution >= 0.6 is 0 Å². The van der Waals surface area contributed by atoms with Gasteiger partial charge in [-0.05, 0) is 23.8 Å². The molecule has 0 unspecified atom stereocenters. The first-order valence-electron chi connectivity index (χ1n) is 6.31. The van der Waals surface area contributed by atoms with Gasteiger partial charge in [-0.1, -0.05) is 35.9 Å². The molecule has 1 aromatic heterocycles. The Kier molecular flexibility index (Phi) is 2.99. The van der Waals surface area contributed by atoms with Gasteiger partial charge in [-0.25, -0.2) is 9.78 Å². The number of rotatable bonds is 2. The van der Waals surface area contributed by atoms with Crippen LogP contribution < -0.4 is 0 Å². The van der Waals surface area contributed by atoms with Gasteiger partial charge in [0.2, 0.25) is 5.82 Å². The molecule has 0 amide bonds. The largest absolute Gasteiger partial charge is 0.463 e. The first-order valence-corrected chi connectivity index (χ1v) is 6.31. The van der Waals surface area contributed by atoms with Crippen molar-refractivity contribution < 1.29 is 9.53 Å². The number of hydrogen-bond acceptors (Lipinski definition) is 3. The number of aromatic nitrogens is 2. The fourth-order valence-electron chi connectivity index (χ4n) is 2.20. The van der Waals surface area contributed by atoms with Crippen molar-refractivity contribution in [2.45, 2.75) is 6.92 Å². The zero-order valence-corrected chi connectivity index (χ0v) is 11.3. The average Bonchev–Trinajstić information content (AvgIpc) is 2.95. The van der Waals surface area contributed by atoms with Gasteiger partial charge < -0.3 is 9.72 Å². The maximum atomic E-state index is 11.4. The number of carbonyl (C=O) groups is 1. The number of aryl methyl sites for hydroxylation is 1. The van der Waals surface area contributed by atoms with Crippen LogP contribution in [0.1, 0.15) is 16.2 Å². The van der Waals surface area contributed by atoms with Crippen molar-refractivity contribution in [1.82, 2.24) is 9.97 Å². The molecule has 0 atom stereocenters. The molecule has 0 bridgehead atoms. The van der Waals surface area contributed by atoms with E-state index in [1.807, 2.05) is 6.07 Å². The molecule has 0 aliphatic rings. The molecule has 20 heavy (non-hydrogen) atoms. The summed E-state index contributed by atoms with van der Waals surface area (Å²) < 4.78 is 4.64. The molecular weight excluding hydrogens is 252 g/mol. The third-order valence-electron chi connectivity index (χ3n) is 3.26. The minimum atomic E-state index is -0.465. The van der Waals surface area contributed by atoms with Crippen molar-refractivity contribution >= 4 is 16.7 Å². The molecule has 2 aromatic carbocycles. The Labute approximate surface area is 116 Å². The number of imidazole rings is 1. The normalized spacial score (nSPS) is 10.7. The van der Waals surface area contributed by atoms with E-state index in [1.165, 1.54) is 18.1 Å². The molecule has 3 aromatic rings. The number of methoxy groups -OCH3 is 1. The van der Waals surface area contributed by atoms with Gasteiger partial charge in [0.15, 0.2) is 0 Å². The standard InChI is InChI=1S/C16H14N2O2/c1-10-3-4-12-8-13(6-5-11(12)7-10)14-9-17-15(18-14)16(19)20-2/h3-9H,1-2H3,(H,17,18). The third-order valence-corrected chi connectivity index (χ3v) is 3.26. The Hall–Kier alpha value is -2.62. The highest BCUT2D eigenvalue weighted by Gasteiger charge is 2.11. The Balaban J connectivity index is 2.03. The fourth-order valence-corrected chi connectivity index (χ4v) is 2.20. The second kappa shape index (κ2) is 4.81. The van der Waals surface area contributed by atoms with Gasteiger partial charge in [-0.15, -0.1) is 0 Å². The van der Waals surface area contributed by atoms with Gasteiger partial charge in [0, 0.05) is 5.56 Å². The van der Waals surface area contributed by atoms with E-state index in [0.29, 0.717) is 0 Å². The summed E-state index contributed by atoms with van der Waals surface area (Å²) >= 11 is 0. The molecule has 0 aliphatic heterocycles. The highest BCUT2D eigenvalue weighted by Crippen LogP contribution is 2.24. The third kappa shape index (κ3) is 2.16. The second-order valence-corrected chi connectivity index (χ2v) is 4.70. The first-order chi connectivity index (χ1) is 9.67. The molecule has 3 rings (SSSR count). The number of ether oxygens (including phenoxy) is 1. The van der Waals surface area contributed by atoms with Crippen LogP contribution in [0.5, 0.6) is 0 Å². The predicted molar refractivity (Wildman–Crippen MR) is 77.6 cm³/mol. The van der Waals surface area contributed by atoms with Crippen molar-refractivity contribution in [3.05, 3.63) is 54.0 Å². The summed E-state index contributed by atoms with van der Waals surface area (Å²) in [7, 11) is 1.34. The molecule has 100 valence electrons. The van der Waals surface area contributed by atoms with E-state index in [1.54, 1.807) is 6.20 Å². The molecule has 0 saturated carbocycles. The number of carbonyl (C=O) groups excluding carboxylic acids is 1. The number of nitrogens with one attached hydrogen (secondary N) is 1. The van der Waals surface area contributed by atoms with Gasteiger partial charge in [0.25, 0.3) is 0 Å². The van der Waals surface area contributed by atoms with Crippen molar-refractivity contribution in [2.24, 2.45) is 0 Å². The molecular formula is C16H14N2O2. The quantitative estimate of drug-likeness (QED) is 0.724. The molecule has 1 heterocycles. The SMILES string of the molecule is COC(=O)c1ncc(-c2ccc3cc(C)ccc3c2)[nH]1. The predicted octanol–water partition coefficient (Wildman–Crippen LogP) is 3.32. The van der Waals surface area contributed by atoms with Crippen molar-refractivity contribution in [2.75, 3.05) is 7.11 Å². The molecule has 0 spiro atoms. The number of H-pyrrole nitrogens is 1. The number of benzene rings is 2. The molecule has 0 saturated heterocycles. The van der Waals surface area contributed by atoms with E-state index in [0.717, 1.165) is 16.6 Å². The number of aromatic amines is 1. The minimum Gasteiger partial charge on any atom is -0.463 e. The summed E-state index contributed by atoms with van der Waals surface area (Å²) in [5.41, 5.74) is 3.02. The van der Waals surface area contributed by atoms with E-state index in [-0.39, 0.29) is 5.82 Å². The molecule has 4 nitrogen and oxygen atoms in total. The highest BCUT2D eigenvalue weighted by atomic mass is 16.5. The lowest BCUT2D eigenvalue weighted by atomic mass is 10.0. The van der Waals surface area contributed by atoms with Gasteiger partial charge in [0.05, 0.1) is 19.0 Å². The van der Waals surface area contributed by atoms with Gasteiger partial charge in [0.1, 0.15) is 0 Å². The molecule has 4 heteroatoms. The minimum absolute atomic E-state index is 0.214. The number of fused-ring (bicyclic) bond motifs is 1. The van der Waals surface area contributed by atoms with E-state index in [4.69, 9.17) is 0 Å². The zero-order valence-electron chi connectivity index (χ0n) is 11.3. The molecule has 0 aliphatic carbocycles. The van der Waals surface area contributed by atoms with Crippen LogP contribution in [0.4, 0.5) is 0 Å². The zero-order chi connectivity index (χ0) is 14.1. The van der Waals surface area contributed by atoms with E-state index in [2.05, 4.69) is 52.0 Å². The first kappa shape index (κ1) is 12.4. The molecule has 0 radical (unpaired) electrons. The second-order valence-electron chi connectivity index (χ2n) is 4.70. The Morgan fingerprint density at radius 3 is 2.70 bits per heavy atom.